The van der Waals surface area contributed by atoms with Gasteiger partial charge in [0.15, 0.2) is 0 Å². The van der Waals surface area contributed by atoms with Crippen molar-refractivity contribution < 1.29 is 22.8 Å². The maximum Gasteiger partial charge on any atom is 0.500 e. The molecule has 0 N–H and O–H groups in total. The summed E-state index contributed by atoms with van der Waals surface area (Å²) in [5.41, 5.74) is 0. The van der Waals surface area contributed by atoms with Gasteiger partial charge in [0.1, 0.15) is 6.10 Å². The van der Waals surface area contributed by atoms with E-state index in [0.29, 0.717) is 19.3 Å². The molecule has 0 saturated carbocycles. The Balaban J connectivity index is 0.00000225. The molecule has 0 bridgehead atoms. The van der Waals surface area contributed by atoms with Crippen molar-refractivity contribution in [3.8, 4) is 0 Å². The van der Waals surface area contributed by atoms with Crippen molar-refractivity contribution in [2.24, 2.45) is 0 Å². The van der Waals surface area contributed by atoms with E-state index in [-0.39, 0.29) is 7.43 Å². The van der Waals surface area contributed by atoms with Crippen LogP contribution < -0.4 is 0 Å². The van der Waals surface area contributed by atoms with Crippen molar-refractivity contribution in [3.63, 3.8) is 0 Å². The maximum absolute atomic E-state index is 5.42. The minimum absolute atomic E-state index is 0. The van der Waals surface area contributed by atoms with Gasteiger partial charge < -0.3 is 22.8 Å². The van der Waals surface area contributed by atoms with Gasteiger partial charge in [0.05, 0.1) is 13.2 Å². The second kappa shape index (κ2) is 8.16. The van der Waals surface area contributed by atoms with E-state index in [1.54, 1.807) is 21.3 Å². The monoisotopic (exact) mass is 252 g/mol. The molecule has 6 heteroatoms. The zero-order chi connectivity index (χ0) is 11.1. The molecule has 1 rings (SSSR count). The van der Waals surface area contributed by atoms with Crippen LogP contribution in [0.3, 0.4) is 0 Å². The number of ether oxygens (including phenoxy) is 2. The molecule has 0 aliphatic carbocycles. The summed E-state index contributed by atoms with van der Waals surface area (Å²) in [6.07, 6.45) is 1.22. The minimum atomic E-state index is -2.39. The van der Waals surface area contributed by atoms with Crippen molar-refractivity contribution in [1.82, 2.24) is 0 Å². The predicted octanol–water partition coefficient (Wildman–Crippen LogP) is 1.31. The minimum Gasteiger partial charge on any atom is -0.379 e. The summed E-state index contributed by atoms with van der Waals surface area (Å²) in [6.45, 7) is 2.24. The molecule has 0 aromatic rings. The van der Waals surface area contributed by atoms with Crippen molar-refractivity contribution in [2.45, 2.75) is 26.0 Å². The topological polar surface area (TPSA) is 49.5 Å². The summed E-state index contributed by atoms with van der Waals surface area (Å²) >= 11 is 0. The Morgan fingerprint density at radius 3 is 2.19 bits per heavy atom. The maximum atomic E-state index is 5.42. The molecule has 1 atom stereocenters. The molecule has 0 aromatic heterocycles. The molecule has 0 amide bonds. The van der Waals surface area contributed by atoms with Gasteiger partial charge in [-0.25, -0.2) is 0 Å². The molecule has 1 unspecified atom stereocenters. The summed E-state index contributed by atoms with van der Waals surface area (Å²) in [7, 11) is 2.48. The van der Waals surface area contributed by atoms with Gasteiger partial charge in [-0.15, -0.1) is 0 Å². The quantitative estimate of drug-likeness (QED) is 0.352. The van der Waals surface area contributed by atoms with E-state index in [0.717, 1.165) is 19.1 Å². The fourth-order valence-electron chi connectivity index (χ4n) is 1.33. The predicted molar refractivity (Wildman–Crippen MR) is 63.5 cm³/mol. The zero-order valence-electron chi connectivity index (χ0n) is 9.65. The molecular weight excluding hydrogens is 228 g/mol. The van der Waals surface area contributed by atoms with E-state index in [9.17, 15) is 0 Å². The van der Waals surface area contributed by atoms with Gasteiger partial charge in [-0.2, -0.15) is 0 Å². The van der Waals surface area contributed by atoms with E-state index in [1.165, 1.54) is 0 Å². The molecule has 1 heterocycles. The molecule has 98 valence electrons. The largest absolute Gasteiger partial charge is 0.500 e. The fourth-order valence-corrected chi connectivity index (χ4v) is 3.02. The summed E-state index contributed by atoms with van der Waals surface area (Å²) in [5, 5.41) is 0. The highest BCUT2D eigenvalue weighted by Crippen LogP contribution is 2.15. The third-order valence-corrected chi connectivity index (χ3v) is 5.24. The van der Waals surface area contributed by atoms with Gasteiger partial charge in [0.25, 0.3) is 0 Å². The lowest BCUT2D eigenvalue weighted by Crippen LogP contribution is -2.42. The molecular formula is C10H24O5Si. The average Bonchev–Trinajstić information content (AvgIpc) is 3.08. The van der Waals surface area contributed by atoms with Crippen LogP contribution >= 0.6 is 0 Å². The number of epoxide rings is 1. The van der Waals surface area contributed by atoms with Gasteiger partial charge in [-0.3, -0.25) is 0 Å². The lowest BCUT2D eigenvalue weighted by atomic mass is 10.5. The summed E-state index contributed by atoms with van der Waals surface area (Å²) in [6, 6.07) is 0.780. The van der Waals surface area contributed by atoms with Crippen LogP contribution in [0.1, 0.15) is 13.8 Å². The Labute approximate surface area is 99.3 Å². The first-order valence-corrected chi connectivity index (χ1v) is 7.04. The van der Waals surface area contributed by atoms with Crippen LogP contribution in [0.25, 0.3) is 0 Å². The lowest BCUT2D eigenvalue weighted by molar-refractivity contribution is 0.100. The van der Waals surface area contributed by atoms with Crippen molar-refractivity contribution in [3.05, 3.63) is 0 Å². The van der Waals surface area contributed by atoms with Crippen molar-refractivity contribution in [2.75, 3.05) is 41.2 Å². The second-order valence-corrected chi connectivity index (χ2v) is 6.52. The Hall–Kier alpha value is 0.0169. The molecule has 16 heavy (non-hydrogen) atoms. The molecule has 1 saturated heterocycles. The van der Waals surface area contributed by atoms with Gasteiger partial charge in [-0.05, 0) is 6.42 Å². The lowest BCUT2D eigenvalue weighted by Gasteiger charge is -2.24. The molecule has 1 aliphatic heterocycles. The number of rotatable bonds is 9. The highest BCUT2D eigenvalue weighted by atomic mass is 28.4. The third-order valence-electron chi connectivity index (χ3n) is 2.41. The first-order chi connectivity index (χ1) is 7.26. The standard InChI is InChI=1S/C9H20O5Si.CH4/c1-10-15(11-2,12-3)6-4-5-13-7-9-8-14-9;/h9H,4-8H2,1-3H3;1H4. The van der Waals surface area contributed by atoms with E-state index in [2.05, 4.69) is 0 Å². The first kappa shape index (κ1) is 16.0. The van der Waals surface area contributed by atoms with Crippen LogP contribution in [0.2, 0.25) is 6.04 Å². The van der Waals surface area contributed by atoms with Crippen LogP contribution in [-0.4, -0.2) is 56.1 Å². The van der Waals surface area contributed by atoms with Gasteiger partial charge in [-0.1, -0.05) is 7.43 Å². The molecule has 1 fully saturated rings. The van der Waals surface area contributed by atoms with Gasteiger partial charge >= 0.3 is 8.80 Å². The average molecular weight is 252 g/mol. The molecule has 0 spiro atoms. The van der Waals surface area contributed by atoms with Crippen LogP contribution in [0.4, 0.5) is 0 Å². The Morgan fingerprint density at radius 2 is 1.75 bits per heavy atom. The smallest absolute Gasteiger partial charge is 0.379 e. The molecule has 0 radical (unpaired) electrons. The van der Waals surface area contributed by atoms with Crippen LogP contribution in [0, 0.1) is 0 Å². The van der Waals surface area contributed by atoms with Gasteiger partial charge in [0.2, 0.25) is 0 Å². The summed E-state index contributed by atoms with van der Waals surface area (Å²) in [5.74, 6) is 0. The van der Waals surface area contributed by atoms with Crippen LogP contribution in [-0.2, 0) is 22.8 Å². The number of hydrogen-bond acceptors (Lipinski definition) is 5. The van der Waals surface area contributed by atoms with E-state index in [4.69, 9.17) is 22.8 Å². The van der Waals surface area contributed by atoms with E-state index < -0.39 is 8.80 Å². The van der Waals surface area contributed by atoms with Crippen LogP contribution in [0.5, 0.6) is 0 Å². The molecule has 0 aromatic carbocycles. The van der Waals surface area contributed by atoms with Crippen LogP contribution in [0.15, 0.2) is 0 Å². The highest BCUT2D eigenvalue weighted by molar-refractivity contribution is 6.60. The highest BCUT2D eigenvalue weighted by Gasteiger charge is 2.36. The third kappa shape index (κ3) is 5.38. The summed E-state index contributed by atoms with van der Waals surface area (Å²) < 4.78 is 26.3. The molecule has 1 aliphatic rings. The summed E-state index contributed by atoms with van der Waals surface area (Å²) in [4.78, 5) is 0. The number of hydrogen-bond donors (Lipinski definition) is 0. The second-order valence-electron chi connectivity index (χ2n) is 3.43. The zero-order valence-corrected chi connectivity index (χ0v) is 10.7. The SMILES string of the molecule is C.CO[Si](CCCOCC1CO1)(OC)OC. The van der Waals surface area contributed by atoms with E-state index >= 15 is 0 Å². The van der Waals surface area contributed by atoms with E-state index in [1.807, 2.05) is 0 Å². The molecule has 5 nitrogen and oxygen atoms in total. The van der Waals surface area contributed by atoms with Crippen molar-refractivity contribution >= 4 is 8.80 Å². The Morgan fingerprint density at radius 1 is 1.19 bits per heavy atom. The van der Waals surface area contributed by atoms with Crippen molar-refractivity contribution in [1.29, 1.82) is 0 Å². The Kier molecular flexibility index (Phi) is 8.17. The normalized spacial score (nSPS) is 19.3. The Bertz CT molecular complexity index is 162. The first-order valence-electron chi connectivity index (χ1n) is 5.11. The van der Waals surface area contributed by atoms with Gasteiger partial charge in [0, 0.05) is 34.0 Å². The fraction of sp³-hybridized carbons (Fsp3) is 1.00.